The van der Waals surface area contributed by atoms with Gasteiger partial charge in [-0.2, -0.15) is 0 Å². The number of fused-ring (bicyclic) bond motifs is 4. The fraction of sp³-hybridized carbons (Fsp3) is 0.107. The topological polar surface area (TPSA) is 64.2 Å². The predicted molar refractivity (Wildman–Crippen MR) is 135 cm³/mol. The van der Waals surface area contributed by atoms with Crippen LogP contribution in [-0.4, -0.2) is 19.2 Å². The second kappa shape index (κ2) is 8.24. The van der Waals surface area contributed by atoms with E-state index in [1.807, 2.05) is 34.7 Å². The molecule has 6 rings (SSSR count). The molecule has 2 heterocycles. The number of para-hydroxylation sites is 1. The Kier molecular flexibility index (Phi) is 4.93. The van der Waals surface area contributed by atoms with E-state index >= 15 is 0 Å². The largest absolute Gasteiger partial charge is 0.299 e. The molecule has 0 bridgehead atoms. The van der Waals surface area contributed by atoms with Gasteiger partial charge in [0.1, 0.15) is 0 Å². The van der Waals surface area contributed by atoms with Crippen LogP contribution in [0.2, 0.25) is 0 Å². The molecule has 1 atom stereocenters. The maximum absolute atomic E-state index is 12.8. The van der Waals surface area contributed by atoms with Gasteiger partial charge in [-0.3, -0.25) is 19.1 Å². The molecular formula is C28H23N5O. The van der Waals surface area contributed by atoms with Gasteiger partial charge >= 0.3 is 0 Å². The third-order valence-electron chi connectivity index (χ3n) is 6.42. The summed E-state index contributed by atoms with van der Waals surface area (Å²) in [6.45, 7) is 0.478. The average molecular weight is 446 g/mol. The number of rotatable bonds is 5. The molecule has 0 aliphatic carbocycles. The maximum Gasteiger partial charge on any atom is 0.262 e. The molecule has 1 unspecified atom stereocenters. The molecule has 0 saturated heterocycles. The summed E-state index contributed by atoms with van der Waals surface area (Å²) in [5.74, 6) is 1.28. The molecule has 0 fully saturated rings. The van der Waals surface area contributed by atoms with Gasteiger partial charge in [-0.25, -0.2) is 0 Å². The van der Waals surface area contributed by atoms with Crippen molar-refractivity contribution in [3.63, 3.8) is 0 Å². The molecule has 166 valence electrons. The van der Waals surface area contributed by atoms with Crippen LogP contribution in [0.1, 0.15) is 23.0 Å². The van der Waals surface area contributed by atoms with Gasteiger partial charge in [-0.1, -0.05) is 84.9 Å². The summed E-state index contributed by atoms with van der Waals surface area (Å²) >= 11 is 0. The first-order chi connectivity index (χ1) is 16.7. The van der Waals surface area contributed by atoms with Crippen LogP contribution in [-0.2, 0) is 13.6 Å². The monoisotopic (exact) mass is 445 g/mol. The Morgan fingerprint density at radius 2 is 1.50 bits per heavy atom. The molecule has 0 aliphatic heterocycles. The van der Waals surface area contributed by atoms with Crippen molar-refractivity contribution >= 4 is 27.5 Å². The number of aromatic nitrogens is 4. The van der Waals surface area contributed by atoms with E-state index in [0.29, 0.717) is 17.7 Å². The van der Waals surface area contributed by atoms with E-state index in [-0.39, 0.29) is 11.6 Å². The van der Waals surface area contributed by atoms with Crippen molar-refractivity contribution in [2.45, 2.75) is 12.6 Å². The number of benzene rings is 4. The number of aryl methyl sites for hydroxylation is 1. The SMILES string of the molecule is Cn1c(=O)c2ccccc2n2c(CNC(c3ccccc3)c3cccc4ccccc34)nnc12. The van der Waals surface area contributed by atoms with Crippen molar-refractivity contribution in [2.24, 2.45) is 7.05 Å². The molecule has 6 nitrogen and oxygen atoms in total. The Hall–Kier alpha value is -4.29. The molecule has 0 aliphatic rings. The summed E-state index contributed by atoms with van der Waals surface area (Å²) in [6.07, 6.45) is 0. The average Bonchev–Trinajstić information content (AvgIpc) is 3.32. The van der Waals surface area contributed by atoms with Crippen LogP contribution in [0.25, 0.3) is 27.5 Å². The Labute approximate surface area is 196 Å². The van der Waals surface area contributed by atoms with Crippen LogP contribution >= 0.6 is 0 Å². The van der Waals surface area contributed by atoms with Crippen molar-refractivity contribution in [1.29, 1.82) is 0 Å². The van der Waals surface area contributed by atoms with Gasteiger partial charge in [0, 0.05) is 7.05 Å². The summed E-state index contributed by atoms with van der Waals surface area (Å²) in [5, 5.41) is 15.6. The first-order valence-corrected chi connectivity index (χ1v) is 11.3. The van der Waals surface area contributed by atoms with Crippen molar-refractivity contribution in [3.8, 4) is 0 Å². The van der Waals surface area contributed by atoms with Crippen LogP contribution in [0.4, 0.5) is 0 Å². The molecule has 4 aromatic carbocycles. The van der Waals surface area contributed by atoms with E-state index in [0.717, 1.165) is 11.3 Å². The zero-order valence-corrected chi connectivity index (χ0v) is 18.7. The molecule has 6 heteroatoms. The minimum atomic E-state index is -0.0760. The van der Waals surface area contributed by atoms with Gasteiger partial charge in [0.25, 0.3) is 5.56 Å². The van der Waals surface area contributed by atoms with Gasteiger partial charge < -0.3 is 0 Å². The zero-order valence-electron chi connectivity index (χ0n) is 18.7. The molecule has 0 saturated carbocycles. The summed E-state index contributed by atoms with van der Waals surface area (Å²) in [7, 11) is 1.73. The van der Waals surface area contributed by atoms with E-state index in [1.165, 1.54) is 21.9 Å². The second-order valence-electron chi connectivity index (χ2n) is 8.43. The van der Waals surface area contributed by atoms with Gasteiger partial charge in [-0.05, 0) is 34.0 Å². The Bertz CT molecular complexity index is 1700. The highest BCUT2D eigenvalue weighted by atomic mass is 16.1. The summed E-state index contributed by atoms with van der Waals surface area (Å²) in [4.78, 5) is 12.8. The number of nitrogens with one attached hydrogen (secondary N) is 1. The van der Waals surface area contributed by atoms with Gasteiger partial charge in [0.05, 0.1) is 23.5 Å². The van der Waals surface area contributed by atoms with Crippen molar-refractivity contribution in [2.75, 3.05) is 0 Å². The summed E-state index contributed by atoms with van der Waals surface area (Å²) in [5.41, 5.74) is 3.11. The first-order valence-electron chi connectivity index (χ1n) is 11.3. The molecule has 0 amide bonds. The van der Waals surface area contributed by atoms with Gasteiger partial charge in [0.15, 0.2) is 5.82 Å². The lowest BCUT2D eigenvalue weighted by Crippen LogP contribution is -2.24. The minimum absolute atomic E-state index is 0.0431. The van der Waals surface area contributed by atoms with Crippen LogP contribution < -0.4 is 10.9 Å². The fourth-order valence-corrected chi connectivity index (χ4v) is 4.75. The molecule has 34 heavy (non-hydrogen) atoms. The van der Waals surface area contributed by atoms with E-state index in [1.54, 1.807) is 11.6 Å². The molecular weight excluding hydrogens is 422 g/mol. The lowest BCUT2D eigenvalue weighted by Gasteiger charge is -2.21. The Morgan fingerprint density at radius 3 is 2.35 bits per heavy atom. The molecule has 0 radical (unpaired) electrons. The first kappa shape index (κ1) is 20.3. The minimum Gasteiger partial charge on any atom is -0.299 e. The van der Waals surface area contributed by atoms with Crippen LogP contribution in [0.3, 0.4) is 0 Å². The quantitative estimate of drug-likeness (QED) is 0.421. The van der Waals surface area contributed by atoms with E-state index < -0.39 is 0 Å². The van der Waals surface area contributed by atoms with Crippen LogP contribution in [0.15, 0.2) is 102 Å². The number of nitrogens with zero attached hydrogens (tertiary/aromatic N) is 4. The fourth-order valence-electron chi connectivity index (χ4n) is 4.75. The highest BCUT2D eigenvalue weighted by Gasteiger charge is 2.19. The van der Waals surface area contributed by atoms with E-state index in [2.05, 4.69) is 82.2 Å². The molecule has 0 spiro atoms. The Morgan fingerprint density at radius 1 is 0.794 bits per heavy atom. The van der Waals surface area contributed by atoms with E-state index in [9.17, 15) is 4.79 Å². The predicted octanol–water partition coefficient (Wildman–Crippen LogP) is 4.61. The second-order valence-corrected chi connectivity index (χ2v) is 8.43. The van der Waals surface area contributed by atoms with E-state index in [4.69, 9.17) is 0 Å². The maximum atomic E-state index is 12.8. The third-order valence-corrected chi connectivity index (χ3v) is 6.42. The van der Waals surface area contributed by atoms with Crippen LogP contribution in [0, 0.1) is 0 Å². The van der Waals surface area contributed by atoms with Gasteiger partial charge in [-0.15, -0.1) is 10.2 Å². The van der Waals surface area contributed by atoms with Gasteiger partial charge in [0.2, 0.25) is 5.78 Å². The van der Waals surface area contributed by atoms with Crippen molar-refractivity contribution in [3.05, 3.63) is 124 Å². The smallest absolute Gasteiger partial charge is 0.262 e. The molecule has 1 N–H and O–H groups in total. The number of hydrogen-bond donors (Lipinski definition) is 1. The molecule has 2 aromatic heterocycles. The Balaban J connectivity index is 1.47. The lowest BCUT2D eigenvalue weighted by atomic mass is 9.93. The lowest BCUT2D eigenvalue weighted by molar-refractivity contribution is 0.587. The van der Waals surface area contributed by atoms with Crippen molar-refractivity contribution in [1.82, 2.24) is 24.5 Å². The standard InChI is InChI=1S/C28H23N5O/c1-32-27(34)23-15-7-8-17-24(23)33-25(30-31-28(32)33)18-29-26(20-11-3-2-4-12-20)22-16-9-13-19-10-5-6-14-21(19)22/h2-17,26,29H,18H2,1H3. The third kappa shape index (κ3) is 3.27. The summed E-state index contributed by atoms with van der Waals surface area (Å²) in [6, 6.07) is 32.8. The van der Waals surface area contributed by atoms with Crippen LogP contribution in [0.5, 0.6) is 0 Å². The normalized spacial score (nSPS) is 12.5. The highest BCUT2D eigenvalue weighted by Crippen LogP contribution is 2.29. The number of hydrogen-bond acceptors (Lipinski definition) is 4. The summed E-state index contributed by atoms with van der Waals surface area (Å²) < 4.78 is 3.52. The molecule has 6 aromatic rings. The van der Waals surface area contributed by atoms with Crippen molar-refractivity contribution < 1.29 is 0 Å². The zero-order chi connectivity index (χ0) is 23.1. The highest BCUT2D eigenvalue weighted by molar-refractivity contribution is 5.86.